The zero-order valence-electron chi connectivity index (χ0n) is 13.8. The van der Waals surface area contributed by atoms with Gasteiger partial charge in [-0.1, -0.05) is 29.8 Å². The van der Waals surface area contributed by atoms with Crippen molar-refractivity contribution in [2.24, 2.45) is 5.73 Å². The predicted octanol–water partition coefficient (Wildman–Crippen LogP) is 3.15. The summed E-state index contributed by atoms with van der Waals surface area (Å²) in [5, 5.41) is 5.95. The van der Waals surface area contributed by atoms with E-state index in [0.717, 1.165) is 23.4 Å². The van der Waals surface area contributed by atoms with Crippen LogP contribution in [0.5, 0.6) is 0 Å². The quantitative estimate of drug-likeness (QED) is 0.843. The molecule has 1 aromatic carbocycles. The number of benzene rings is 1. The number of carbonyl (C=O) groups is 1. The Kier molecular flexibility index (Phi) is 5.53. The smallest absolute Gasteiger partial charge is 0.243 e. The Labute approximate surface area is 155 Å². The number of rotatable bonds is 5. The first-order valence-electron chi connectivity index (χ1n) is 7.86. The van der Waals surface area contributed by atoms with Gasteiger partial charge in [-0.05, 0) is 36.4 Å². The highest BCUT2D eigenvalue weighted by molar-refractivity contribution is 7.14. The molecule has 1 aliphatic heterocycles. The van der Waals surface area contributed by atoms with Crippen LogP contribution in [0.4, 0.5) is 5.13 Å². The van der Waals surface area contributed by atoms with Crippen LogP contribution in [-0.4, -0.2) is 35.4 Å². The molecule has 2 aromatic rings. The molecule has 130 valence electrons. The molecule has 0 bridgehead atoms. The zero-order valence-corrected chi connectivity index (χ0v) is 15.3. The summed E-state index contributed by atoms with van der Waals surface area (Å²) in [6.45, 7) is 0.844. The van der Waals surface area contributed by atoms with Gasteiger partial charge in [-0.25, -0.2) is 4.98 Å². The van der Waals surface area contributed by atoms with Crippen molar-refractivity contribution < 1.29 is 4.79 Å². The molecule has 1 atom stereocenters. The Balaban J connectivity index is 1.59. The third-order valence-electron chi connectivity index (χ3n) is 3.84. The number of anilines is 1. The van der Waals surface area contributed by atoms with Gasteiger partial charge in [-0.3, -0.25) is 4.79 Å². The number of likely N-dealkylation sites (N-methyl/N-ethyl adjacent to an activating group) is 1. The van der Waals surface area contributed by atoms with Gasteiger partial charge in [0.15, 0.2) is 5.13 Å². The number of nitrogens with zero attached hydrogens (tertiary/aromatic N) is 2. The number of halogens is 1. The summed E-state index contributed by atoms with van der Waals surface area (Å²) in [4.78, 5) is 18.8. The van der Waals surface area contributed by atoms with E-state index in [1.54, 1.807) is 12.1 Å². The van der Waals surface area contributed by atoms with Crippen molar-refractivity contribution in [3.63, 3.8) is 0 Å². The molecule has 25 heavy (non-hydrogen) atoms. The van der Waals surface area contributed by atoms with Crippen LogP contribution in [0.3, 0.4) is 0 Å². The summed E-state index contributed by atoms with van der Waals surface area (Å²) in [5.41, 5.74) is 8.88. The molecule has 1 aromatic heterocycles. The fraction of sp³-hybridized carbons (Fsp3) is 0.222. The lowest BCUT2D eigenvalue weighted by Crippen LogP contribution is -2.37. The van der Waals surface area contributed by atoms with Crippen LogP contribution in [0.2, 0.25) is 5.02 Å². The van der Waals surface area contributed by atoms with Gasteiger partial charge in [0.1, 0.15) is 0 Å². The molecule has 0 saturated carbocycles. The Bertz CT molecular complexity index is 813. The van der Waals surface area contributed by atoms with Gasteiger partial charge in [-0.2, -0.15) is 0 Å². The van der Waals surface area contributed by atoms with Crippen LogP contribution in [-0.2, 0) is 11.2 Å². The van der Waals surface area contributed by atoms with Crippen LogP contribution >= 0.6 is 22.9 Å². The average molecular weight is 375 g/mol. The lowest BCUT2D eigenvalue weighted by Gasteiger charge is -2.16. The maximum Gasteiger partial charge on any atom is 0.243 e. The Morgan fingerprint density at radius 1 is 1.44 bits per heavy atom. The van der Waals surface area contributed by atoms with Gasteiger partial charge in [0.05, 0.1) is 11.7 Å². The van der Waals surface area contributed by atoms with Crippen molar-refractivity contribution in [2.45, 2.75) is 12.5 Å². The molecule has 7 heteroatoms. The molecule has 1 unspecified atom stereocenters. The van der Waals surface area contributed by atoms with E-state index in [2.05, 4.69) is 21.3 Å². The van der Waals surface area contributed by atoms with Gasteiger partial charge < -0.3 is 16.0 Å². The maximum atomic E-state index is 12.3. The van der Waals surface area contributed by atoms with E-state index in [-0.39, 0.29) is 5.91 Å². The first kappa shape index (κ1) is 17.7. The van der Waals surface area contributed by atoms with Crippen molar-refractivity contribution in [3.8, 4) is 0 Å². The highest BCUT2D eigenvalue weighted by atomic mass is 35.5. The third-order valence-corrected chi connectivity index (χ3v) is 4.85. The Morgan fingerprint density at radius 3 is 2.88 bits per heavy atom. The minimum atomic E-state index is -0.643. The summed E-state index contributed by atoms with van der Waals surface area (Å²) in [6.07, 6.45) is 6.57. The molecule has 2 heterocycles. The van der Waals surface area contributed by atoms with Gasteiger partial charge in [0, 0.05) is 29.6 Å². The number of nitrogens with two attached hydrogens (primary N) is 1. The van der Waals surface area contributed by atoms with E-state index in [1.807, 2.05) is 36.8 Å². The summed E-state index contributed by atoms with van der Waals surface area (Å²) >= 11 is 7.26. The largest absolute Gasteiger partial charge is 0.377 e. The van der Waals surface area contributed by atoms with E-state index < -0.39 is 6.04 Å². The number of nitrogens with one attached hydrogen (secondary N) is 1. The summed E-state index contributed by atoms with van der Waals surface area (Å²) in [7, 11) is 2.01. The number of hydrogen-bond donors (Lipinski definition) is 2. The first-order valence-corrected chi connectivity index (χ1v) is 9.12. The standard InChI is InChI=1S/C18H19ClN4OS/c1-23-8-6-13(7-9-23)16-11-25-18(21-16)22-17(24)15(20)10-12-2-4-14(19)5-3-12/h2-8,11,15H,9-10,20H2,1H3,(H,21,22,24). The van der Waals surface area contributed by atoms with Crippen LogP contribution < -0.4 is 11.1 Å². The molecule has 0 saturated heterocycles. The topological polar surface area (TPSA) is 71.2 Å². The zero-order chi connectivity index (χ0) is 17.8. The van der Waals surface area contributed by atoms with E-state index in [4.69, 9.17) is 17.3 Å². The van der Waals surface area contributed by atoms with E-state index in [1.165, 1.54) is 11.3 Å². The molecule has 5 nitrogen and oxygen atoms in total. The number of carbonyl (C=O) groups excluding carboxylic acids is 1. The molecule has 1 aliphatic rings. The highest BCUT2D eigenvalue weighted by Crippen LogP contribution is 2.24. The number of amides is 1. The van der Waals surface area contributed by atoms with E-state index in [0.29, 0.717) is 16.6 Å². The molecular weight excluding hydrogens is 356 g/mol. The number of aromatic nitrogens is 1. The van der Waals surface area contributed by atoms with E-state index in [9.17, 15) is 4.79 Å². The fourth-order valence-corrected chi connectivity index (χ4v) is 3.25. The molecule has 0 fully saturated rings. The average Bonchev–Trinajstić information content (AvgIpc) is 3.06. The molecule has 3 N–H and O–H groups in total. The fourth-order valence-electron chi connectivity index (χ4n) is 2.40. The molecule has 3 rings (SSSR count). The summed E-state index contributed by atoms with van der Waals surface area (Å²) in [5.74, 6) is -0.247. The summed E-state index contributed by atoms with van der Waals surface area (Å²) < 4.78 is 0. The Hall–Kier alpha value is -2.15. The van der Waals surface area contributed by atoms with Gasteiger partial charge in [0.2, 0.25) is 5.91 Å². The molecule has 0 aliphatic carbocycles. The van der Waals surface area contributed by atoms with Crippen molar-refractivity contribution >= 4 is 39.5 Å². The van der Waals surface area contributed by atoms with E-state index >= 15 is 0 Å². The number of hydrogen-bond acceptors (Lipinski definition) is 5. The number of allylic oxidation sites excluding steroid dienone is 2. The van der Waals surface area contributed by atoms with Crippen LogP contribution in [0.25, 0.3) is 5.57 Å². The Morgan fingerprint density at radius 2 is 2.20 bits per heavy atom. The van der Waals surface area contributed by atoms with Gasteiger partial charge in [-0.15, -0.1) is 11.3 Å². The normalized spacial score (nSPS) is 15.0. The molecular formula is C18H19ClN4OS. The predicted molar refractivity (Wildman–Crippen MR) is 104 cm³/mol. The van der Waals surface area contributed by atoms with Crippen LogP contribution in [0, 0.1) is 0 Å². The minimum Gasteiger partial charge on any atom is -0.377 e. The maximum absolute atomic E-state index is 12.3. The first-order chi connectivity index (χ1) is 12.0. The lowest BCUT2D eigenvalue weighted by atomic mass is 10.1. The molecule has 0 radical (unpaired) electrons. The lowest BCUT2D eigenvalue weighted by molar-refractivity contribution is -0.117. The van der Waals surface area contributed by atoms with Crippen LogP contribution in [0.15, 0.2) is 48.0 Å². The minimum absolute atomic E-state index is 0.247. The highest BCUT2D eigenvalue weighted by Gasteiger charge is 2.16. The third kappa shape index (κ3) is 4.69. The van der Waals surface area contributed by atoms with Crippen molar-refractivity contribution in [1.82, 2.24) is 9.88 Å². The van der Waals surface area contributed by atoms with Crippen molar-refractivity contribution in [3.05, 3.63) is 64.3 Å². The van der Waals surface area contributed by atoms with Crippen molar-refractivity contribution in [2.75, 3.05) is 18.9 Å². The summed E-state index contributed by atoms with van der Waals surface area (Å²) in [6, 6.07) is 6.68. The van der Waals surface area contributed by atoms with Gasteiger partial charge >= 0.3 is 0 Å². The monoisotopic (exact) mass is 374 g/mol. The van der Waals surface area contributed by atoms with Crippen LogP contribution in [0.1, 0.15) is 11.3 Å². The second-order valence-corrected chi connectivity index (χ2v) is 7.17. The molecule has 1 amide bonds. The molecule has 0 spiro atoms. The SMILES string of the molecule is CN1C=CC(c2csc(NC(=O)C(N)Cc3ccc(Cl)cc3)n2)=CC1. The second-order valence-electron chi connectivity index (χ2n) is 5.88. The van der Waals surface area contributed by atoms with Crippen molar-refractivity contribution in [1.29, 1.82) is 0 Å². The van der Waals surface area contributed by atoms with Gasteiger partial charge in [0.25, 0.3) is 0 Å². The number of thiazole rings is 1. The second kappa shape index (κ2) is 7.82.